The van der Waals surface area contributed by atoms with Gasteiger partial charge in [0, 0.05) is 17.5 Å². The first-order valence-electron chi connectivity index (χ1n) is 11.2. The number of hydrogen-bond donors (Lipinski definition) is 1. The number of nitrogens with one attached hydrogen (secondary N) is 1. The fraction of sp³-hybridized carbons (Fsp3) is 0.321. The van der Waals surface area contributed by atoms with Crippen molar-refractivity contribution in [1.82, 2.24) is 0 Å². The Hall–Kier alpha value is -2.87. The van der Waals surface area contributed by atoms with Gasteiger partial charge in [-0.25, -0.2) is 0 Å². The van der Waals surface area contributed by atoms with Crippen LogP contribution in [-0.2, 0) is 4.79 Å². The van der Waals surface area contributed by atoms with Crippen molar-refractivity contribution in [1.29, 1.82) is 0 Å². The van der Waals surface area contributed by atoms with Gasteiger partial charge in [-0.15, -0.1) is 0 Å². The quantitative estimate of drug-likeness (QED) is 0.532. The molecule has 3 aliphatic rings. The first-order valence-corrected chi connectivity index (χ1v) is 11.2. The second-order valence-corrected chi connectivity index (χ2v) is 9.00. The lowest BCUT2D eigenvalue weighted by atomic mass is 9.53. The second kappa shape index (κ2) is 7.43. The average molecular weight is 396 g/mol. The lowest BCUT2D eigenvalue weighted by Gasteiger charge is -2.50. The first-order chi connectivity index (χ1) is 14.6. The van der Waals surface area contributed by atoms with E-state index in [1.165, 1.54) is 27.8 Å². The molecule has 152 valence electrons. The molecule has 0 radical (unpaired) electrons. The number of rotatable bonds is 4. The fourth-order valence-electron chi connectivity index (χ4n) is 5.99. The topological polar surface area (TPSA) is 29.1 Å². The molecule has 6 rings (SSSR count). The smallest absolute Gasteiger partial charge is 0.228 e. The van der Waals surface area contributed by atoms with E-state index >= 15 is 0 Å². The van der Waals surface area contributed by atoms with E-state index in [1.807, 2.05) is 6.07 Å². The summed E-state index contributed by atoms with van der Waals surface area (Å²) in [6, 6.07) is 23.8. The van der Waals surface area contributed by atoms with Crippen LogP contribution in [0.1, 0.15) is 65.0 Å². The van der Waals surface area contributed by atoms with Gasteiger partial charge in [0.2, 0.25) is 5.91 Å². The Balaban J connectivity index is 1.61. The third kappa shape index (κ3) is 2.89. The zero-order chi connectivity index (χ0) is 20.8. The van der Waals surface area contributed by atoms with Crippen molar-refractivity contribution in [3.05, 3.63) is 100 Å². The third-order valence-electron chi connectivity index (χ3n) is 7.15. The molecule has 0 spiro atoms. The highest BCUT2D eigenvalue weighted by Gasteiger charge is 2.51. The van der Waals surface area contributed by atoms with Crippen molar-refractivity contribution in [2.24, 2.45) is 11.8 Å². The van der Waals surface area contributed by atoms with Gasteiger partial charge in [-0.2, -0.15) is 0 Å². The van der Waals surface area contributed by atoms with E-state index in [2.05, 4.69) is 86.8 Å². The maximum atomic E-state index is 13.8. The zero-order valence-corrected chi connectivity index (χ0v) is 18.0. The van der Waals surface area contributed by atoms with Gasteiger partial charge in [0.05, 0.1) is 5.92 Å². The summed E-state index contributed by atoms with van der Waals surface area (Å²) in [6.45, 7) is 6.40. The molecule has 3 aliphatic carbocycles. The number of amides is 1. The van der Waals surface area contributed by atoms with Crippen LogP contribution in [0.3, 0.4) is 0 Å². The molecule has 0 aromatic heterocycles. The number of carbonyl (C=O) groups excluding carboxylic acids is 1. The van der Waals surface area contributed by atoms with E-state index in [-0.39, 0.29) is 17.7 Å². The number of fused-ring (bicyclic) bond motifs is 1. The van der Waals surface area contributed by atoms with Crippen LogP contribution in [0.5, 0.6) is 0 Å². The molecule has 30 heavy (non-hydrogen) atoms. The maximum absolute atomic E-state index is 13.8. The van der Waals surface area contributed by atoms with Crippen LogP contribution in [0.4, 0.5) is 5.69 Å². The number of carbonyl (C=O) groups is 1. The van der Waals surface area contributed by atoms with Crippen molar-refractivity contribution < 1.29 is 4.79 Å². The Morgan fingerprint density at radius 3 is 1.93 bits per heavy atom. The largest absolute Gasteiger partial charge is 0.326 e. The van der Waals surface area contributed by atoms with Crippen LogP contribution in [0.2, 0.25) is 0 Å². The van der Waals surface area contributed by atoms with Crippen molar-refractivity contribution >= 4 is 11.6 Å². The van der Waals surface area contributed by atoms with Gasteiger partial charge in [-0.3, -0.25) is 4.79 Å². The molecular weight excluding hydrogens is 366 g/mol. The van der Waals surface area contributed by atoms with Crippen LogP contribution >= 0.6 is 0 Å². The Bertz CT molecular complexity index is 1070. The molecule has 2 atom stereocenters. The van der Waals surface area contributed by atoms with Gasteiger partial charge in [0.25, 0.3) is 0 Å². The lowest BCUT2D eigenvalue weighted by molar-refractivity contribution is -0.123. The molecule has 1 amide bonds. The monoisotopic (exact) mass is 395 g/mol. The summed E-state index contributed by atoms with van der Waals surface area (Å²) < 4.78 is 0. The van der Waals surface area contributed by atoms with E-state index < -0.39 is 0 Å². The average Bonchev–Trinajstić information content (AvgIpc) is 2.76. The van der Waals surface area contributed by atoms with E-state index in [0.717, 1.165) is 24.1 Å². The minimum atomic E-state index is -0.0412. The molecule has 0 aliphatic heterocycles. The van der Waals surface area contributed by atoms with Gasteiger partial charge in [-0.05, 0) is 60.1 Å². The first kappa shape index (κ1) is 19.1. The molecule has 3 aromatic rings. The third-order valence-corrected chi connectivity index (χ3v) is 7.15. The number of anilines is 1. The summed E-state index contributed by atoms with van der Waals surface area (Å²) in [7, 11) is 0. The highest BCUT2D eigenvalue weighted by Crippen LogP contribution is 2.59. The summed E-state index contributed by atoms with van der Waals surface area (Å²) >= 11 is 0. The molecule has 2 bridgehead atoms. The number of hydrogen-bond acceptors (Lipinski definition) is 1. The molecule has 3 aromatic carbocycles. The Morgan fingerprint density at radius 1 is 0.833 bits per heavy atom. The van der Waals surface area contributed by atoms with Crippen molar-refractivity contribution in [2.45, 2.75) is 45.4 Å². The molecule has 2 heteroatoms. The van der Waals surface area contributed by atoms with Gasteiger partial charge in [0.15, 0.2) is 0 Å². The standard InChI is InChI=1S/C28H29NO/c1-4-9-23-25-19-10-5-7-12-21(19)26(22-13-8-6-11-20(22)25)27(23)28(30)29-24-15-14-17(2)16-18(24)3/h5-8,10-16,23,25-27H,4,9H2,1-3H3,(H,29,30)/t23-,25?,26?,27+/m1/s1. The minimum absolute atomic E-state index is 0.0412. The highest BCUT2D eigenvalue weighted by atomic mass is 16.1. The van der Waals surface area contributed by atoms with Crippen molar-refractivity contribution in [2.75, 3.05) is 5.32 Å². The van der Waals surface area contributed by atoms with Crippen molar-refractivity contribution in [3.8, 4) is 0 Å². The molecule has 0 heterocycles. The van der Waals surface area contributed by atoms with Crippen molar-refractivity contribution in [3.63, 3.8) is 0 Å². The number of benzene rings is 3. The van der Waals surface area contributed by atoms with E-state index in [4.69, 9.17) is 0 Å². The van der Waals surface area contributed by atoms with Gasteiger partial charge >= 0.3 is 0 Å². The van der Waals surface area contributed by atoms with Crippen LogP contribution in [-0.4, -0.2) is 5.91 Å². The SMILES string of the molecule is CCC[C@@H]1C2c3ccccc3C(c3ccccc32)[C@H]1C(=O)Nc1ccc(C)cc1C. The fourth-order valence-corrected chi connectivity index (χ4v) is 5.99. The summed E-state index contributed by atoms with van der Waals surface area (Å²) in [4.78, 5) is 13.8. The lowest BCUT2D eigenvalue weighted by Crippen LogP contribution is -2.45. The number of aryl methyl sites for hydroxylation is 2. The molecule has 0 fully saturated rings. The maximum Gasteiger partial charge on any atom is 0.228 e. The van der Waals surface area contributed by atoms with Crippen LogP contribution in [0.15, 0.2) is 66.7 Å². The second-order valence-electron chi connectivity index (χ2n) is 9.00. The highest BCUT2D eigenvalue weighted by molar-refractivity contribution is 5.95. The van der Waals surface area contributed by atoms with Gasteiger partial charge < -0.3 is 5.32 Å². The van der Waals surface area contributed by atoms with E-state index in [1.54, 1.807) is 0 Å². The normalized spacial score (nSPS) is 23.6. The van der Waals surface area contributed by atoms with Gasteiger partial charge in [-0.1, -0.05) is 79.6 Å². The van der Waals surface area contributed by atoms with Crippen LogP contribution in [0, 0.1) is 25.7 Å². The molecule has 0 unspecified atom stereocenters. The summed E-state index contributed by atoms with van der Waals surface area (Å²) in [6.07, 6.45) is 2.15. The Morgan fingerprint density at radius 2 is 1.40 bits per heavy atom. The van der Waals surface area contributed by atoms with Crippen LogP contribution in [0.25, 0.3) is 0 Å². The Kier molecular flexibility index (Phi) is 4.73. The van der Waals surface area contributed by atoms with Crippen LogP contribution < -0.4 is 5.32 Å². The van der Waals surface area contributed by atoms with E-state index in [0.29, 0.717) is 11.8 Å². The zero-order valence-electron chi connectivity index (χ0n) is 18.0. The molecule has 1 N–H and O–H groups in total. The summed E-state index contributed by atoms with van der Waals surface area (Å²) in [5, 5.41) is 3.30. The molecular formula is C28H29NO. The Labute approximate surface area is 179 Å². The molecule has 0 saturated carbocycles. The predicted molar refractivity (Wildman–Crippen MR) is 123 cm³/mol. The predicted octanol–water partition coefficient (Wildman–Crippen LogP) is 6.57. The van der Waals surface area contributed by atoms with Gasteiger partial charge in [0.1, 0.15) is 0 Å². The minimum Gasteiger partial charge on any atom is -0.326 e. The molecule has 2 nitrogen and oxygen atoms in total. The summed E-state index contributed by atoms with van der Waals surface area (Å²) in [5.41, 5.74) is 8.81. The van der Waals surface area contributed by atoms with E-state index in [9.17, 15) is 4.79 Å². The molecule has 0 saturated heterocycles. The summed E-state index contributed by atoms with van der Waals surface area (Å²) in [5.74, 6) is 0.886.